The van der Waals surface area contributed by atoms with E-state index in [1.165, 1.54) is 12.1 Å². The van der Waals surface area contributed by atoms with Gasteiger partial charge in [-0.15, -0.1) is 0 Å². The molecular formula is C11H7BrN2O2. The Bertz CT molecular complexity index is 512. The molecule has 1 rings (SSSR count). The highest BCUT2D eigenvalue weighted by atomic mass is 79.9. The van der Waals surface area contributed by atoms with E-state index < -0.39 is 5.97 Å². The van der Waals surface area contributed by atoms with Crippen LogP contribution in [-0.2, 0) is 4.74 Å². The van der Waals surface area contributed by atoms with Gasteiger partial charge in [0.05, 0.1) is 23.3 Å². The number of esters is 1. The summed E-state index contributed by atoms with van der Waals surface area (Å²) in [6.45, 7) is 1.95. The maximum atomic E-state index is 11.5. The molecule has 16 heavy (non-hydrogen) atoms. The van der Waals surface area contributed by atoms with Crippen LogP contribution in [0.15, 0.2) is 16.6 Å². The molecule has 4 nitrogen and oxygen atoms in total. The first-order chi connectivity index (χ1) is 7.63. The van der Waals surface area contributed by atoms with Crippen molar-refractivity contribution in [3.8, 4) is 12.1 Å². The third kappa shape index (κ3) is 2.39. The molecule has 0 unspecified atom stereocenters. The maximum absolute atomic E-state index is 11.5. The molecule has 0 aromatic heterocycles. The molecule has 0 saturated heterocycles. The summed E-state index contributed by atoms with van der Waals surface area (Å²) in [5, 5.41) is 17.6. The summed E-state index contributed by atoms with van der Waals surface area (Å²) in [7, 11) is 0. The number of hydrogen-bond donors (Lipinski definition) is 0. The van der Waals surface area contributed by atoms with Crippen LogP contribution >= 0.6 is 15.9 Å². The Hall–Kier alpha value is -1.85. The Kier molecular flexibility index (Phi) is 4.04. The highest BCUT2D eigenvalue weighted by molar-refractivity contribution is 9.10. The number of carbonyl (C=O) groups is 1. The Morgan fingerprint density at radius 2 is 1.94 bits per heavy atom. The zero-order valence-corrected chi connectivity index (χ0v) is 10.0. The fraction of sp³-hybridized carbons (Fsp3) is 0.182. The topological polar surface area (TPSA) is 73.9 Å². The van der Waals surface area contributed by atoms with Crippen molar-refractivity contribution in [2.24, 2.45) is 0 Å². The van der Waals surface area contributed by atoms with Gasteiger partial charge in [-0.3, -0.25) is 0 Å². The molecule has 0 heterocycles. The van der Waals surface area contributed by atoms with Gasteiger partial charge in [-0.05, 0) is 35.0 Å². The molecule has 0 aliphatic heterocycles. The SMILES string of the molecule is CCOC(=O)c1cc(C#N)c(C#N)cc1Br. The average molecular weight is 279 g/mol. The number of carbonyl (C=O) groups excluding carboxylic acids is 1. The van der Waals surface area contributed by atoms with Crippen molar-refractivity contribution < 1.29 is 9.53 Å². The summed E-state index contributed by atoms with van der Waals surface area (Å²) in [4.78, 5) is 11.5. The Morgan fingerprint density at radius 1 is 1.38 bits per heavy atom. The van der Waals surface area contributed by atoms with Gasteiger partial charge in [0, 0.05) is 4.47 Å². The normalized spacial score (nSPS) is 9.00. The van der Waals surface area contributed by atoms with E-state index in [1.54, 1.807) is 6.92 Å². The standard InChI is InChI=1S/C11H7BrN2O2/c1-2-16-11(15)9-3-7(5-13)8(6-14)4-10(9)12/h3-4H,2H2,1H3. The second kappa shape index (κ2) is 5.29. The lowest BCUT2D eigenvalue weighted by atomic mass is 10.1. The van der Waals surface area contributed by atoms with Crippen LogP contribution in [-0.4, -0.2) is 12.6 Å². The minimum Gasteiger partial charge on any atom is -0.462 e. The Morgan fingerprint density at radius 3 is 2.44 bits per heavy atom. The molecule has 80 valence electrons. The van der Waals surface area contributed by atoms with E-state index in [-0.39, 0.29) is 23.3 Å². The summed E-state index contributed by atoms with van der Waals surface area (Å²) < 4.78 is 5.27. The predicted molar refractivity (Wildman–Crippen MR) is 59.5 cm³/mol. The minimum absolute atomic E-state index is 0.161. The van der Waals surface area contributed by atoms with Crippen molar-refractivity contribution in [3.05, 3.63) is 33.3 Å². The van der Waals surface area contributed by atoms with Crippen LogP contribution in [0.5, 0.6) is 0 Å². The molecule has 0 radical (unpaired) electrons. The molecule has 5 heteroatoms. The van der Waals surface area contributed by atoms with Gasteiger partial charge in [-0.25, -0.2) is 4.79 Å². The van der Waals surface area contributed by atoms with Gasteiger partial charge in [0.1, 0.15) is 12.1 Å². The number of hydrogen-bond acceptors (Lipinski definition) is 4. The van der Waals surface area contributed by atoms with Crippen LogP contribution in [0.4, 0.5) is 0 Å². The monoisotopic (exact) mass is 278 g/mol. The zero-order valence-electron chi connectivity index (χ0n) is 8.45. The molecule has 0 aliphatic rings. The summed E-state index contributed by atoms with van der Waals surface area (Å²) in [6, 6.07) is 6.52. The molecule has 1 aromatic carbocycles. The number of nitrogens with zero attached hydrogens (tertiary/aromatic N) is 2. The van der Waals surface area contributed by atoms with E-state index in [2.05, 4.69) is 15.9 Å². The van der Waals surface area contributed by atoms with Gasteiger partial charge in [-0.2, -0.15) is 10.5 Å². The number of benzene rings is 1. The fourth-order valence-corrected chi connectivity index (χ4v) is 1.63. The van der Waals surface area contributed by atoms with Gasteiger partial charge in [0.2, 0.25) is 0 Å². The van der Waals surface area contributed by atoms with E-state index in [4.69, 9.17) is 15.3 Å². The van der Waals surface area contributed by atoms with Gasteiger partial charge >= 0.3 is 5.97 Å². The third-order valence-electron chi connectivity index (χ3n) is 1.84. The number of ether oxygens (including phenoxy) is 1. The summed E-state index contributed by atoms with van der Waals surface area (Å²) in [5.74, 6) is -0.518. The number of rotatable bonds is 2. The predicted octanol–water partition coefficient (Wildman–Crippen LogP) is 2.37. The Labute approximate surface area is 101 Å². The van der Waals surface area contributed by atoms with E-state index in [0.717, 1.165) is 0 Å². The second-order valence-corrected chi connectivity index (χ2v) is 3.68. The van der Waals surface area contributed by atoms with Crippen molar-refractivity contribution in [2.75, 3.05) is 6.61 Å². The van der Waals surface area contributed by atoms with Gasteiger partial charge in [-0.1, -0.05) is 0 Å². The average Bonchev–Trinajstić information content (AvgIpc) is 2.28. The quantitative estimate of drug-likeness (QED) is 0.779. The molecule has 0 atom stereocenters. The molecular weight excluding hydrogens is 272 g/mol. The lowest BCUT2D eigenvalue weighted by molar-refractivity contribution is 0.0525. The van der Waals surface area contributed by atoms with Crippen LogP contribution < -0.4 is 0 Å². The van der Waals surface area contributed by atoms with Crippen molar-refractivity contribution in [1.29, 1.82) is 10.5 Å². The van der Waals surface area contributed by atoms with Crippen LogP contribution in [0.2, 0.25) is 0 Å². The van der Waals surface area contributed by atoms with E-state index in [9.17, 15) is 4.79 Å². The zero-order chi connectivity index (χ0) is 12.1. The largest absolute Gasteiger partial charge is 0.462 e. The van der Waals surface area contributed by atoms with Crippen LogP contribution in [0.1, 0.15) is 28.4 Å². The minimum atomic E-state index is -0.518. The fourth-order valence-electron chi connectivity index (χ4n) is 1.12. The summed E-state index contributed by atoms with van der Waals surface area (Å²) in [5.41, 5.74) is 0.633. The van der Waals surface area contributed by atoms with Crippen molar-refractivity contribution in [3.63, 3.8) is 0 Å². The van der Waals surface area contributed by atoms with Crippen LogP contribution in [0.25, 0.3) is 0 Å². The van der Waals surface area contributed by atoms with E-state index >= 15 is 0 Å². The van der Waals surface area contributed by atoms with Crippen molar-refractivity contribution in [1.82, 2.24) is 0 Å². The third-order valence-corrected chi connectivity index (χ3v) is 2.50. The smallest absolute Gasteiger partial charge is 0.339 e. The molecule has 0 fully saturated rings. The molecule has 0 bridgehead atoms. The van der Waals surface area contributed by atoms with Crippen molar-refractivity contribution >= 4 is 21.9 Å². The molecule has 0 saturated carbocycles. The molecule has 0 amide bonds. The molecule has 0 N–H and O–H groups in total. The van der Waals surface area contributed by atoms with Crippen LogP contribution in [0.3, 0.4) is 0 Å². The summed E-state index contributed by atoms with van der Waals surface area (Å²) >= 11 is 3.16. The molecule has 0 aliphatic carbocycles. The van der Waals surface area contributed by atoms with E-state index in [1.807, 2.05) is 12.1 Å². The molecule has 1 aromatic rings. The highest BCUT2D eigenvalue weighted by Gasteiger charge is 2.14. The number of nitriles is 2. The first kappa shape index (κ1) is 12.2. The highest BCUT2D eigenvalue weighted by Crippen LogP contribution is 2.22. The lowest BCUT2D eigenvalue weighted by Gasteiger charge is -2.05. The van der Waals surface area contributed by atoms with Gasteiger partial charge in [0.15, 0.2) is 0 Å². The van der Waals surface area contributed by atoms with Gasteiger partial charge < -0.3 is 4.74 Å². The summed E-state index contributed by atoms with van der Waals surface area (Å²) in [6.07, 6.45) is 0. The van der Waals surface area contributed by atoms with Crippen molar-refractivity contribution in [2.45, 2.75) is 6.92 Å². The van der Waals surface area contributed by atoms with E-state index in [0.29, 0.717) is 4.47 Å². The number of halogens is 1. The Balaban J connectivity index is 3.29. The first-order valence-electron chi connectivity index (χ1n) is 4.44. The van der Waals surface area contributed by atoms with Crippen LogP contribution in [0, 0.1) is 22.7 Å². The first-order valence-corrected chi connectivity index (χ1v) is 5.24. The maximum Gasteiger partial charge on any atom is 0.339 e. The second-order valence-electron chi connectivity index (χ2n) is 2.82. The molecule has 0 spiro atoms. The lowest BCUT2D eigenvalue weighted by Crippen LogP contribution is -2.06. The van der Waals surface area contributed by atoms with Gasteiger partial charge in [0.25, 0.3) is 0 Å².